The summed E-state index contributed by atoms with van der Waals surface area (Å²) in [6.45, 7) is 0. The summed E-state index contributed by atoms with van der Waals surface area (Å²) in [6.07, 6.45) is 6.25. The standard InChI is InChI=1S/C13H18N4/c1-14-13-15-5-4-9(17-13)16-12-10-7-2-3-8(6-7)11(10)12/h4-5,7-8,10-12H,2-3,6H2,1H3,(H2,14,15,16,17). The quantitative estimate of drug-likeness (QED) is 0.833. The van der Waals surface area contributed by atoms with Crippen LogP contribution in [0.4, 0.5) is 11.8 Å². The third kappa shape index (κ3) is 1.36. The van der Waals surface area contributed by atoms with E-state index in [1.807, 2.05) is 19.3 Å². The van der Waals surface area contributed by atoms with Crippen LogP contribution in [-0.4, -0.2) is 23.1 Å². The van der Waals surface area contributed by atoms with Gasteiger partial charge in [0.15, 0.2) is 0 Å². The number of hydrogen-bond acceptors (Lipinski definition) is 4. The molecule has 0 saturated heterocycles. The third-order valence-electron chi connectivity index (χ3n) is 4.93. The van der Waals surface area contributed by atoms with Crippen molar-refractivity contribution >= 4 is 11.8 Å². The van der Waals surface area contributed by atoms with Crippen LogP contribution >= 0.6 is 0 Å². The minimum atomic E-state index is 0.695. The van der Waals surface area contributed by atoms with Crippen LogP contribution in [0.3, 0.4) is 0 Å². The molecule has 2 bridgehead atoms. The maximum atomic E-state index is 4.44. The van der Waals surface area contributed by atoms with E-state index in [2.05, 4.69) is 20.6 Å². The van der Waals surface area contributed by atoms with Crippen LogP contribution in [0.2, 0.25) is 0 Å². The molecule has 0 aliphatic heterocycles. The van der Waals surface area contributed by atoms with Gasteiger partial charge in [0, 0.05) is 19.3 Å². The molecular formula is C13H18N4. The van der Waals surface area contributed by atoms with Crippen LogP contribution in [0.1, 0.15) is 19.3 Å². The Kier molecular flexibility index (Phi) is 1.90. The lowest BCUT2D eigenvalue weighted by atomic mass is 10.0. The van der Waals surface area contributed by atoms with Crippen molar-refractivity contribution in [2.75, 3.05) is 17.7 Å². The Bertz CT molecular complexity index is 431. The van der Waals surface area contributed by atoms with Crippen molar-refractivity contribution in [2.24, 2.45) is 23.7 Å². The molecule has 17 heavy (non-hydrogen) atoms. The SMILES string of the molecule is CNc1nccc(NC2C3C4CCC(C4)C23)n1. The smallest absolute Gasteiger partial charge is 0.224 e. The molecular weight excluding hydrogens is 212 g/mol. The molecule has 0 spiro atoms. The summed E-state index contributed by atoms with van der Waals surface area (Å²) < 4.78 is 0. The summed E-state index contributed by atoms with van der Waals surface area (Å²) >= 11 is 0. The Morgan fingerprint density at radius 2 is 2.00 bits per heavy atom. The molecule has 1 aromatic heterocycles. The van der Waals surface area contributed by atoms with Gasteiger partial charge in [-0.05, 0) is 49.0 Å². The molecule has 3 saturated carbocycles. The highest BCUT2D eigenvalue weighted by molar-refractivity contribution is 5.43. The van der Waals surface area contributed by atoms with Gasteiger partial charge in [-0.1, -0.05) is 0 Å². The Hall–Kier alpha value is -1.32. The van der Waals surface area contributed by atoms with E-state index in [-0.39, 0.29) is 0 Å². The van der Waals surface area contributed by atoms with Crippen LogP contribution in [0.15, 0.2) is 12.3 Å². The van der Waals surface area contributed by atoms with Gasteiger partial charge in [0.2, 0.25) is 5.95 Å². The normalized spacial score (nSPS) is 41.1. The number of anilines is 2. The van der Waals surface area contributed by atoms with E-state index >= 15 is 0 Å². The summed E-state index contributed by atoms with van der Waals surface area (Å²) in [4.78, 5) is 8.57. The first-order valence-corrected chi connectivity index (χ1v) is 6.64. The molecule has 0 amide bonds. The van der Waals surface area contributed by atoms with Crippen LogP contribution < -0.4 is 10.6 Å². The fourth-order valence-corrected chi connectivity index (χ4v) is 4.25. The van der Waals surface area contributed by atoms with Crippen molar-refractivity contribution in [2.45, 2.75) is 25.3 Å². The number of rotatable bonds is 3. The average molecular weight is 230 g/mol. The molecule has 4 atom stereocenters. The fraction of sp³-hybridized carbons (Fsp3) is 0.692. The highest BCUT2D eigenvalue weighted by Gasteiger charge is 2.65. The van der Waals surface area contributed by atoms with Gasteiger partial charge >= 0.3 is 0 Å². The van der Waals surface area contributed by atoms with Gasteiger partial charge in [0.25, 0.3) is 0 Å². The molecule has 3 aliphatic carbocycles. The first-order chi connectivity index (χ1) is 8.36. The number of nitrogens with zero attached hydrogens (tertiary/aromatic N) is 2. The molecule has 3 fully saturated rings. The predicted molar refractivity (Wildman–Crippen MR) is 66.8 cm³/mol. The van der Waals surface area contributed by atoms with Gasteiger partial charge in [0.05, 0.1) is 0 Å². The van der Waals surface area contributed by atoms with Crippen molar-refractivity contribution < 1.29 is 0 Å². The van der Waals surface area contributed by atoms with Gasteiger partial charge in [-0.3, -0.25) is 0 Å². The van der Waals surface area contributed by atoms with Crippen molar-refractivity contribution in [1.82, 2.24) is 9.97 Å². The lowest BCUT2D eigenvalue weighted by Crippen LogP contribution is -2.14. The van der Waals surface area contributed by atoms with E-state index in [9.17, 15) is 0 Å². The Morgan fingerprint density at radius 1 is 1.24 bits per heavy atom. The van der Waals surface area contributed by atoms with Crippen molar-refractivity contribution in [1.29, 1.82) is 0 Å². The number of aromatic nitrogens is 2. The summed E-state index contributed by atoms with van der Waals surface area (Å²) in [5, 5.41) is 6.58. The summed E-state index contributed by atoms with van der Waals surface area (Å²) in [6, 6.07) is 2.66. The molecule has 4 heteroatoms. The Morgan fingerprint density at radius 3 is 2.71 bits per heavy atom. The molecule has 0 radical (unpaired) electrons. The Balaban J connectivity index is 1.49. The lowest BCUT2D eigenvalue weighted by molar-refractivity contribution is 0.456. The van der Waals surface area contributed by atoms with E-state index in [4.69, 9.17) is 0 Å². The van der Waals surface area contributed by atoms with E-state index in [0.717, 1.165) is 29.5 Å². The third-order valence-corrected chi connectivity index (χ3v) is 4.93. The fourth-order valence-electron chi connectivity index (χ4n) is 4.25. The topological polar surface area (TPSA) is 49.8 Å². The highest BCUT2D eigenvalue weighted by Crippen LogP contribution is 2.66. The van der Waals surface area contributed by atoms with Crippen LogP contribution in [0.25, 0.3) is 0 Å². The van der Waals surface area contributed by atoms with Crippen molar-refractivity contribution in [3.8, 4) is 0 Å². The first-order valence-electron chi connectivity index (χ1n) is 6.64. The number of nitrogens with one attached hydrogen (secondary N) is 2. The monoisotopic (exact) mass is 230 g/mol. The van der Waals surface area contributed by atoms with E-state index in [1.165, 1.54) is 19.3 Å². The molecule has 3 aliphatic rings. The maximum absolute atomic E-state index is 4.44. The molecule has 0 aromatic carbocycles. The molecule has 90 valence electrons. The second kappa shape index (κ2) is 3.34. The molecule has 4 unspecified atom stereocenters. The van der Waals surface area contributed by atoms with E-state index in [0.29, 0.717) is 12.0 Å². The van der Waals surface area contributed by atoms with Gasteiger partial charge in [-0.2, -0.15) is 4.98 Å². The average Bonchev–Trinajstić information content (AvgIpc) is 2.76. The van der Waals surface area contributed by atoms with Crippen molar-refractivity contribution in [3.05, 3.63) is 12.3 Å². The summed E-state index contributed by atoms with van der Waals surface area (Å²) in [5.74, 6) is 5.58. The number of hydrogen-bond donors (Lipinski definition) is 2. The number of fused-ring (bicyclic) bond motifs is 5. The second-order valence-corrected chi connectivity index (χ2v) is 5.67. The molecule has 1 aromatic rings. The second-order valence-electron chi connectivity index (χ2n) is 5.67. The zero-order chi connectivity index (χ0) is 11.4. The van der Waals surface area contributed by atoms with E-state index < -0.39 is 0 Å². The predicted octanol–water partition coefficient (Wildman–Crippen LogP) is 1.97. The molecule has 2 N–H and O–H groups in total. The summed E-state index contributed by atoms with van der Waals surface area (Å²) in [5.41, 5.74) is 0. The summed E-state index contributed by atoms with van der Waals surface area (Å²) in [7, 11) is 1.85. The minimum absolute atomic E-state index is 0.695. The highest BCUT2D eigenvalue weighted by atomic mass is 15.2. The van der Waals surface area contributed by atoms with Gasteiger partial charge in [-0.25, -0.2) is 4.98 Å². The van der Waals surface area contributed by atoms with Gasteiger partial charge in [0.1, 0.15) is 5.82 Å². The van der Waals surface area contributed by atoms with Crippen molar-refractivity contribution in [3.63, 3.8) is 0 Å². The Labute approximate surface area is 101 Å². The minimum Gasteiger partial charge on any atom is -0.367 e. The van der Waals surface area contributed by atoms with E-state index in [1.54, 1.807) is 0 Å². The van der Waals surface area contributed by atoms with Crippen LogP contribution in [-0.2, 0) is 0 Å². The lowest BCUT2D eigenvalue weighted by Gasteiger charge is -2.11. The zero-order valence-electron chi connectivity index (χ0n) is 10.1. The van der Waals surface area contributed by atoms with Crippen LogP contribution in [0, 0.1) is 23.7 Å². The largest absolute Gasteiger partial charge is 0.367 e. The van der Waals surface area contributed by atoms with Crippen LogP contribution in [0.5, 0.6) is 0 Å². The molecule has 4 rings (SSSR count). The maximum Gasteiger partial charge on any atom is 0.224 e. The van der Waals surface area contributed by atoms with Gasteiger partial charge < -0.3 is 10.6 Å². The molecule has 1 heterocycles. The zero-order valence-corrected chi connectivity index (χ0v) is 10.1. The van der Waals surface area contributed by atoms with Gasteiger partial charge in [-0.15, -0.1) is 0 Å². The molecule has 4 nitrogen and oxygen atoms in total. The first kappa shape index (κ1) is 9.68.